The predicted molar refractivity (Wildman–Crippen MR) is 89.2 cm³/mol. The normalized spacial score (nSPS) is 19.6. The van der Waals surface area contributed by atoms with Crippen molar-refractivity contribution in [1.29, 1.82) is 0 Å². The highest BCUT2D eigenvalue weighted by atomic mass is 16.3. The van der Waals surface area contributed by atoms with Crippen molar-refractivity contribution < 1.29 is 5.11 Å². The quantitative estimate of drug-likeness (QED) is 0.910. The molecule has 1 aliphatic heterocycles. The summed E-state index contributed by atoms with van der Waals surface area (Å²) in [7, 11) is 0. The zero-order valence-electron chi connectivity index (χ0n) is 12.1. The summed E-state index contributed by atoms with van der Waals surface area (Å²) in [5.74, 6) is 1.07. The van der Waals surface area contributed by atoms with Gasteiger partial charge >= 0.3 is 0 Å². The van der Waals surface area contributed by atoms with Crippen LogP contribution in [0.3, 0.4) is 0 Å². The zero-order chi connectivity index (χ0) is 14.9. The Labute approximate surface area is 129 Å². The lowest BCUT2D eigenvalue weighted by Crippen LogP contribution is -2.28. The molecule has 3 heteroatoms. The van der Waals surface area contributed by atoms with Crippen molar-refractivity contribution in [3.63, 3.8) is 0 Å². The van der Waals surface area contributed by atoms with Crippen LogP contribution in [-0.2, 0) is 0 Å². The van der Waals surface area contributed by atoms with Crippen molar-refractivity contribution in [2.45, 2.75) is 12.5 Å². The van der Waals surface area contributed by atoms with Crippen LogP contribution in [0.4, 0.5) is 5.69 Å². The van der Waals surface area contributed by atoms with Crippen LogP contribution in [0.5, 0.6) is 5.75 Å². The van der Waals surface area contributed by atoms with E-state index in [9.17, 15) is 5.11 Å². The van der Waals surface area contributed by atoms with Gasteiger partial charge in [-0.2, -0.15) is 0 Å². The molecule has 0 amide bonds. The number of allylic oxidation sites excluding steroid dienone is 2. The number of rotatable bonds is 2. The predicted octanol–water partition coefficient (Wildman–Crippen LogP) is 3.87. The molecule has 2 aliphatic rings. The number of phenols is 1. The number of para-hydroxylation sites is 2. The molecule has 0 spiro atoms. The number of anilines is 1. The number of aliphatic imine (C=N–C) groups is 1. The third-order valence-electron chi connectivity index (χ3n) is 4.01. The fourth-order valence-electron chi connectivity index (χ4n) is 2.98. The van der Waals surface area contributed by atoms with Crippen molar-refractivity contribution in [1.82, 2.24) is 0 Å². The van der Waals surface area contributed by atoms with Gasteiger partial charge in [0.05, 0.1) is 11.6 Å². The molecule has 108 valence electrons. The van der Waals surface area contributed by atoms with Gasteiger partial charge in [0.15, 0.2) is 0 Å². The standard InChI is InChI=1S/C19H16N2O/c22-18-13-7-4-10-15(18)19-20-16-11-5-6-12-17(16)21(19)14-8-2-1-3-9-14/h1-10,12-13,16,22H,11H2. The van der Waals surface area contributed by atoms with Gasteiger partial charge in [-0.1, -0.05) is 42.5 Å². The van der Waals surface area contributed by atoms with E-state index in [1.807, 2.05) is 36.4 Å². The van der Waals surface area contributed by atoms with Crippen molar-refractivity contribution in [3.8, 4) is 5.75 Å². The Morgan fingerprint density at radius 3 is 2.59 bits per heavy atom. The largest absolute Gasteiger partial charge is 0.507 e. The number of aromatic hydroxyl groups is 1. The average Bonchev–Trinajstić information content (AvgIpc) is 2.95. The average molecular weight is 288 g/mol. The Bertz CT molecular complexity index is 790. The first kappa shape index (κ1) is 12.9. The lowest BCUT2D eigenvalue weighted by molar-refractivity contribution is 0.474. The second-order valence-corrected chi connectivity index (χ2v) is 5.41. The fraction of sp³-hybridized carbons (Fsp3) is 0.105. The van der Waals surface area contributed by atoms with E-state index in [0.29, 0.717) is 0 Å². The number of nitrogens with zero attached hydrogens (tertiary/aromatic N) is 2. The first-order chi connectivity index (χ1) is 10.8. The molecule has 0 aromatic heterocycles. The first-order valence-corrected chi connectivity index (χ1v) is 7.42. The highest BCUT2D eigenvalue weighted by Gasteiger charge is 2.33. The van der Waals surface area contributed by atoms with Crippen molar-refractivity contribution >= 4 is 11.5 Å². The molecule has 3 nitrogen and oxygen atoms in total. The van der Waals surface area contributed by atoms with E-state index in [-0.39, 0.29) is 11.8 Å². The molecule has 1 heterocycles. The van der Waals surface area contributed by atoms with Gasteiger partial charge in [0.25, 0.3) is 0 Å². The van der Waals surface area contributed by atoms with Gasteiger partial charge < -0.3 is 5.11 Å². The minimum absolute atomic E-state index is 0.125. The summed E-state index contributed by atoms with van der Waals surface area (Å²) in [6.07, 6.45) is 7.21. The number of fused-ring (bicyclic) bond motifs is 1. The van der Waals surface area contributed by atoms with Gasteiger partial charge in [0.1, 0.15) is 11.6 Å². The van der Waals surface area contributed by atoms with E-state index in [1.54, 1.807) is 6.07 Å². The molecule has 0 saturated carbocycles. The van der Waals surface area contributed by atoms with E-state index >= 15 is 0 Å². The lowest BCUT2D eigenvalue weighted by Gasteiger charge is -2.25. The van der Waals surface area contributed by atoms with Crippen LogP contribution in [0.15, 0.2) is 83.5 Å². The van der Waals surface area contributed by atoms with Crippen molar-refractivity contribution in [2.24, 2.45) is 4.99 Å². The summed E-state index contributed by atoms with van der Waals surface area (Å²) in [5, 5.41) is 10.2. The van der Waals surface area contributed by atoms with Gasteiger partial charge in [-0.25, -0.2) is 0 Å². The lowest BCUT2D eigenvalue weighted by atomic mass is 10.1. The molecule has 0 saturated heterocycles. The molecular formula is C19H16N2O. The second kappa shape index (κ2) is 5.19. The molecule has 4 rings (SSSR count). The molecule has 0 fully saturated rings. The van der Waals surface area contributed by atoms with Gasteiger partial charge in [-0.05, 0) is 36.8 Å². The number of amidine groups is 1. The summed E-state index contributed by atoms with van der Waals surface area (Å²) >= 11 is 0. The molecule has 2 aromatic rings. The second-order valence-electron chi connectivity index (χ2n) is 5.41. The molecule has 1 unspecified atom stereocenters. The molecule has 22 heavy (non-hydrogen) atoms. The third-order valence-corrected chi connectivity index (χ3v) is 4.01. The molecule has 0 radical (unpaired) electrons. The maximum Gasteiger partial charge on any atom is 0.144 e. The van der Waals surface area contributed by atoms with E-state index in [4.69, 9.17) is 4.99 Å². The van der Waals surface area contributed by atoms with E-state index in [2.05, 4.69) is 35.3 Å². The monoisotopic (exact) mass is 288 g/mol. The summed E-state index contributed by atoms with van der Waals surface area (Å²) in [6, 6.07) is 17.7. The van der Waals surface area contributed by atoms with Crippen LogP contribution in [0.1, 0.15) is 12.0 Å². The van der Waals surface area contributed by atoms with Crippen LogP contribution < -0.4 is 4.90 Å². The summed E-state index contributed by atoms with van der Waals surface area (Å²) in [6.45, 7) is 0. The zero-order valence-corrected chi connectivity index (χ0v) is 12.1. The van der Waals surface area contributed by atoms with E-state index < -0.39 is 0 Å². The fourth-order valence-corrected chi connectivity index (χ4v) is 2.98. The maximum atomic E-state index is 10.2. The Morgan fingerprint density at radius 1 is 1.00 bits per heavy atom. The highest BCUT2D eigenvalue weighted by Crippen LogP contribution is 2.35. The molecule has 1 aliphatic carbocycles. The van der Waals surface area contributed by atoms with Crippen LogP contribution in [0.25, 0.3) is 0 Å². The summed E-state index contributed by atoms with van der Waals surface area (Å²) < 4.78 is 0. The maximum absolute atomic E-state index is 10.2. The summed E-state index contributed by atoms with van der Waals surface area (Å²) in [4.78, 5) is 7.00. The number of benzene rings is 2. The Balaban J connectivity index is 1.87. The minimum atomic E-state index is 0.125. The smallest absolute Gasteiger partial charge is 0.144 e. The topological polar surface area (TPSA) is 35.8 Å². The Kier molecular flexibility index (Phi) is 3.04. The van der Waals surface area contributed by atoms with Gasteiger partial charge in [0, 0.05) is 11.4 Å². The van der Waals surface area contributed by atoms with Crippen LogP contribution in [0.2, 0.25) is 0 Å². The highest BCUT2D eigenvalue weighted by molar-refractivity contribution is 6.15. The first-order valence-electron chi connectivity index (χ1n) is 7.42. The molecular weight excluding hydrogens is 272 g/mol. The van der Waals surface area contributed by atoms with Gasteiger partial charge in [-0.3, -0.25) is 9.89 Å². The van der Waals surface area contributed by atoms with Crippen LogP contribution >= 0.6 is 0 Å². The van der Waals surface area contributed by atoms with Gasteiger partial charge in [0.2, 0.25) is 0 Å². The molecule has 1 N–H and O–H groups in total. The Morgan fingerprint density at radius 2 is 1.77 bits per heavy atom. The molecule has 1 atom stereocenters. The van der Waals surface area contributed by atoms with Crippen molar-refractivity contribution in [3.05, 3.63) is 84.1 Å². The van der Waals surface area contributed by atoms with Crippen molar-refractivity contribution in [2.75, 3.05) is 4.90 Å². The number of hydrogen-bond acceptors (Lipinski definition) is 3. The molecule has 2 aromatic carbocycles. The van der Waals surface area contributed by atoms with E-state index in [1.165, 1.54) is 0 Å². The number of hydrogen-bond donors (Lipinski definition) is 1. The molecule has 0 bridgehead atoms. The SMILES string of the molecule is Oc1ccccc1C1=NC2CC=CC=C2N1c1ccccc1. The van der Waals surface area contributed by atoms with Crippen LogP contribution in [-0.4, -0.2) is 17.0 Å². The summed E-state index contributed by atoms with van der Waals surface area (Å²) in [5.41, 5.74) is 2.99. The van der Waals surface area contributed by atoms with E-state index in [0.717, 1.165) is 29.2 Å². The number of phenolic OH excluding ortho intramolecular Hbond substituents is 1. The van der Waals surface area contributed by atoms with Gasteiger partial charge in [-0.15, -0.1) is 0 Å². The minimum Gasteiger partial charge on any atom is -0.507 e. The Hall–Kier alpha value is -2.81. The van der Waals surface area contributed by atoms with Crippen LogP contribution in [0, 0.1) is 0 Å². The third kappa shape index (κ3) is 2.02.